The summed E-state index contributed by atoms with van der Waals surface area (Å²) in [7, 11) is 0. The zero-order valence-corrected chi connectivity index (χ0v) is 23.4. The molecule has 0 unspecified atom stereocenters. The van der Waals surface area contributed by atoms with E-state index in [0.29, 0.717) is 11.0 Å². The molecule has 0 saturated carbocycles. The molecule has 0 aromatic carbocycles. The Morgan fingerprint density at radius 2 is 1.69 bits per heavy atom. The largest absolute Gasteiger partial charge is 0.453 e. The first-order valence-electron chi connectivity index (χ1n) is 13.8. The van der Waals surface area contributed by atoms with E-state index in [2.05, 4.69) is 17.2 Å². The van der Waals surface area contributed by atoms with E-state index in [4.69, 9.17) is 14.2 Å². The van der Waals surface area contributed by atoms with Crippen molar-refractivity contribution >= 4 is 17.9 Å². The van der Waals surface area contributed by atoms with Crippen LogP contribution in [0.15, 0.2) is 17.1 Å². The minimum absolute atomic E-state index is 0.0293. The minimum atomic E-state index is -3.83. The third kappa shape index (κ3) is 10.5. The van der Waals surface area contributed by atoms with Gasteiger partial charge < -0.3 is 19.3 Å². The van der Waals surface area contributed by atoms with Gasteiger partial charge in [0.2, 0.25) is 6.23 Å². The molecule has 12 heteroatoms. The summed E-state index contributed by atoms with van der Waals surface area (Å²) in [5.41, 5.74) is -1.93. The summed E-state index contributed by atoms with van der Waals surface area (Å²) < 4.78 is 46.4. The Morgan fingerprint density at radius 1 is 1.10 bits per heavy atom. The SMILES string of the molecule is CCCCCCCCCCCCC(=O)O[C@@H]1[C@@H](CO)O[C@@H](n2ccc(NC(=O)OC(C)(C)C)nc2=O)C1(F)F. The smallest absolute Gasteiger partial charge is 0.413 e. The lowest BCUT2D eigenvalue weighted by atomic mass is 10.1. The van der Waals surface area contributed by atoms with Gasteiger partial charge in [0.15, 0.2) is 6.10 Å². The average Bonchev–Trinajstić information content (AvgIpc) is 3.08. The number of nitrogens with zero attached hydrogens (tertiary/aromatic N) is 2. The molecule has 1 aromatic rings. The van der Waals surface area contributed by atoms with Gasteiger partial charge in [-0.2, -0.15) is 13.8 Å². The fraction of sp³-hybridized carbons (Fsp3) is 0.778. The van der Waals surface area contributed by atoms with E-state index in [9.17, 15) is 19.5 Å². The van der Waals surface area contributed by atoms with Gasteiger partial charge in [0.1, 0.15) is 17.5 Å². The first kappa shape index (κ1) is 32.6. The Kier molecular flexibility index (Phi) is 12.8. The number of aliphatic hydroxyl groups excluding tert-OH is 1. The van der Waals surface area contributed by atoms with E-state index in [-0.39, 0.29) is 12.2 Å². The van der Waals surface area contributed by atoms with E-state index in [0.717, 1.165) is 37.9 Å². The van der Waals surface area contributed by atoms with Crippen LogP contribution in [0, 0.1) is 0 Å². The number of carbonyl (C=O) groups is 2. The van der Waals surface area contributed by atoms with Crippen LogP contribution in [0.5, 0.6) is 0 Å². The number of hydrogen-bond donors (Lipinski definition) is 2. The Morgan fingerprint density at radius 3 is 2.23 bits per heavy atom. The summed E-state index contributed by atoms with van der Waals surface area (Å²) in [6, 6.07) is 1.13. The Balaban J connectivity index is 1.90. The van der Waals surface area contributed by atoms with Crippen molar-refractivity contribution in [2.45, 2.75) is 128 Å². The molecule has 2 N–H and O–H groups in total. The summed E-state index contributed by atoms with van der Waals surface area (Å²) in [5, 5.41) is 11.9. The summed E-state index contributed by atoms with van der Waals surface area (Å²) in [4.78, 5) is 40.3. The van der Waals surface area contributed by atoms with Crippen LogP contribution in [0.3, 0.4) is 0 Å². The number of anilines is 1. The fourth-order valence-electron chi connectivity index (χ4n) is 4.29. The number of amides is 1. The van der Waals surface area contributed by atoms with Gasteiger partial charge in [0.25, 0.3) is 0 Å². The number of esters is 1. The van der Waals surface area contributed by atoms with Crippen molar-refractivity contribution in [3.8, 4) is 0 Å². The second-order valence-corrected chi connectivity index (χ2v) is 10.9. The molecule has 2 rings (SSSR count). The molecular formula is C27H43F2N3O7. The second kappa shape index (κ2) is 15.3. The number of unbranched alkanes of at least 4 members (excludes halogenated alkanes) is 9. The number of aromatic nitrogens is 2. The zero-order valence-electron chi connectivity index (χ0n) is 23.4. The standard InChI is InChI=1S/C27H43F2N3O7/c1-5-6-7-8-9-10-11-12-13-14-15-21(34)38-22-19(18-33)37-23(27(22,28)29)32-17-16-20(30-24(32)35)31-25(36)39-26(2,3)4/h16-17,19,22-23,33H,5-15,18H2,1-4H3,(H,30,31,35,36)/t19-,22-,23-/m1/s1. The lowest BCUT2D eigenvalue weighted by molar-refractivity contribution is -0.176. The molecular weight excluding hydrogens is 516 g/mol. The van der Waals surface area contributed by atoms with Crippen LogP contribution in [-0.4, -0.2) is 57.1 Å². The predicted octanol–water partition coefficient (Wildman–Crippen LogP) is 5.34. The maximum absolute atomic E-state index is 15.3. The van der Waals surface area contributed by atoms with E-state index in [1.165, 1.54) is 32.1 Å². The molecule has 222 valence electrons. The maximum Gasteiger partial charge on any atom is 0.413 e. The van der Waals surface area contributed by atoms with Crippen LogP contribution >= 0.6 is 0 Å². The summed E-state index contributed by atoms with van der Waals surface area (Å²) >= 11 is 0. The van der Waals surface area contributed by atoms with E-state index in [1.807, 2.05) is 0 Å². The van der Waals surface area contributed by atoms with Gasteiger partial charge in [0, 0.05) is 12.6 Å². The number of ether oxygens (including phenoxy) is 3. The first-order chi connectivity index (χ1) is 18.4. The van der Waals surface area contributed by atoms with Gasteiger partial charge in [-0.25, -0.2) is 9.59 Å². The van der Waals surface area contributed by atoms with E-state index >= 15 is 8.78 Å². The Labute approximate surface area is 228 Å². The van der Waals surface area contributed by atoms with Crippen molar-refractivity contribution in [3.63, 3.8) is 0 Å². The first-order valence-corrected chi connectivity index (χ1v) is 13.8. The molecule has 1 aromatic heterocycles. The molecule has 1 amide bonds. The van der Waals surface area contributed by atoms with Gasteiger partial charge in [-0.3, -0.25) is 14.7 Å². The van der Waals surface area contributed by atoms with Crippen molar-refractivity contribution in [2.75, 3.05) is 11.9 Å². The molecule has 0 spiro atoms. The number of aliphatic hydroxyl groups is 1. The number of hydrogen-bond acceptors (Lipinski definition) is 8. The molecule has 10 nitrogen and oxygen atoms in total. The Hall–Kier alpha value is -2.60. The maximum atomic E-state index is 15.3. The third-order valence-electron chi connectivity index (χ3n) is 6.23. The summed E-state index contributed by atoms with van der Waals surface area (Å²) in [6.45, 7) is 6.28. The van der Waals surface area contributed by atoms with Crippen molar-refractivity contribution in [2.24, 2.45) is 0 Å². The highest BCUT2D eigenvalue weighted by molar-refractivity contribution is 5.83. The average molecular weight is 560 g/mol. The van der Waals surface area contributed by atoms with Gasteiger partial charge >= 0.3 is 23.7 Å². The highest BCUT2D eigenvalue weighted by Crippen LogP contribution is 2.44. The Bertz CT molecular complexity index is 981. The molecule has 39 heavy (non-hydrogen) atoms. The molecule has 1 saturated heterocycles. The highest BCUT2D eigenvalue weighted by Gasteiger charge is 2.62. The van der Waals surface area contributed by atoms with Crippen molar-refractivity contribution in [1.82, 2.24) is 9.55 Å². The number of rotatable bonds is 15. The molecule has 1 aliphatic heterocycles. The van der Waals surface area contributed by atoms with Crippen molar-refractivity contribution < 1.29 is 37.7 Å². The molecule has 0 aliphatic carbocycles. The predicted molar refractivity (Wildman–Crippen MR) is 141 cm³/mol. The van der Waals surface area contributed by atoms with Crippen molar-refractivity contribution in [1.29, 1.82) is 0 Å². The monoisotopic (exact) mass is 559 g/mol. The van der Waals surface area contributed by atoms with Crippen LogP contribution in [-0.2, 0) is 19.0 Å². The molecule has 2 heterocycles. The molecule has 0 bridgehead atoms. The lowest BCUT2D eigenvalue weighted by Crippen LogP contribution is -2.44. The lowest BCUT2D eigenvalue weighted by Gasteiger charge is -2.24. The number of nitrogens with one attached hydrogen (secondary N) is 1. The summed E-state index contributed by atoms with van der Waals surface area (Å²) in [5.74, 6) is -4.85. The minimum Gasteiger partial charge on any atom is -0.453 e. The van der Waals surface area contributed by atoms with Crippen LogP contribution < -0.4 is 11.0 Å². The van der Waals surface area contributed by atoms with E-state index in [1.54, 1.807) is 20.8 Å². The molecule has 1 aliphatic rings. The van der Waals surface area contributed by atoms with Gasteiger partial charge in [-0.15, -0.1) is 0 Å². The van der Waals surface area contributed by atoms with Gasteiger partial charge in [0.05, 0.1) is 6.61 Å². The number of halogens is 2. The number of carbonyl (C=O) groups excluding carboxylic acids is 2. The third-order valence-corrected chi connectivity index (χ3v) is 6.23. The second-order valence-electron chi connectivity index (χ2n) is 10.9. The van der Waals surface area contributed by atoms with Crippen LogP contribution in [0.1, 0.15) is 105 Å². The van der Waals surface area contributed by atoms with Gasteiger partial charge in [-0.05, 0) is 33.3 Å². The quantitative estimate of drug-likeness (QED) is 0.218. The van der Waals surface area contributed by atoms with Crippen LogP contribution in [0.2, 0.25) is 0 Å². The number of alkyl halides is 2. The van der Waals surface area contributed by atoms with Crippen molar-refractivity contribution in [3.05, 3.63) is 22.7 Å². The molecule has 1 fully saturated rings. The van der Waals surface area contributed by atoms with E-state index < -0.39 is 54.3 Å². The fourth-order valence-corrected chi connectivity index (χ4v) is 4.29. The topological polar surface area (TPSA) is 129 Å². The summed E-state index contributed by atoms with van der Waals surface area (Å²) in [6.07, 6.45) is 4.94. The van der Waals surface area contributed by atoms with Crippen LogP contribution in [0.4, 0.5) is 19.4 Å². The highest BCUT2D eigenvalue weighted by atomic mass is 19.3. The molecule has 3 atom stereocenters. The molecule has 0 radical (unpaired) electrons. The van der Waals surface area contributed by atoms with Gasteiger partial charge in [-0.1, -0.05) is 64.7 Å². The van der Waals surface area contributed by atoms with Crippen LogP contribution in [0.25, 0.3) is 0 Å². The normalized spacial score (nSPS) is 20.5. The zero-order chi connectivity index (χ0) is 29.1.